The van der Waals surface area contributed by atoms with E-state index in [4.69, 9.17) is 10.3 Å². The minimum Gasteiger partial charge on any atom is -0.459 e. The monoisotopic (exact) mass is 258 g/mol. The SMILES string of the molecule is CCC1CCC(C(NN)c2cc3ccccc3o2)C1. The minimum atomic E-state index is 0.143. The highest BCUT2D eigenvalue weighted by Crippen LogP contribution is 2.41. The van der Waals surface area contributed by atoms with Gasteiger partial charge in [-0.15, -0.1) is 0 Å². The van der Waals surface area contributed by atoms with Gasteiger partial charge in [-0.25, -0.2) is 5.43 Å². The van der Waals surface area contributed by atoms with Crippen LogP contribution in [0.5, 0.6) is 0 Å². The molecule has 1 saturated carbocycles. The average Bonchev–Trinajstić information content (AvgIpc) is 3.05. The molecule has 3 N–H and O–H groups in total. The lowest BCUT2D eigenvalue weighted by molar-refractivity contribution is 0.314. The molecule has 1 aromatic heterocycles. The van der Waals surface area contributed by atoms with Gasteiger partial charge in [0.05, 0.1) is 6.04 Å². The van der Waals surface area contributed by atoms with E-state index in [2.05, 4.69) is 24.5 Å². The highest BCUT2D eigenvalue weighted by molar-refractivity contribution is 5.77. The third kappa shape index (κ3) is 2.40. The molecule has 1 heterocycles. The molecule has 0 saturated heterocycles. The lowest BCUT2D eigenvalue weighted by Crippen LogP contribution is -2.32. The van der Waals surface area contributed by atoms with Gasteiger partial charge in [0, 0.05) is 5.39 Å². The number of furan rings is 1. The van der Waals surface area contributed by atoms with E-state index in [0.717, 1.165) is 22.6 Å². The summed E-state index contributed by atoms with van der Waals surface area (Å²) in [6.45, 7) is 2.28. The number of benzene rings is 1. The molecular weight excluding hydrogens is 236 g/mol. The Kier molecular flexibility index (Phi) is 3.58. The van der Waals surface area contributed by atoms with Crippen molar-refractivity contribution in [3.8, 4) is 0 Å². The smallest absolute Gasteiger partial charge is 0.134 e. The fourth-order valence-electron chi connectivity index (χ4n) is 3.39. The Labute approximate surface area is 114 Å². The zero-order valence-corrected chi connectivity index (χ0v) is 11.4. The van der Waals surface area contributed by atoms with Gasteiger partial charge in [-0.1, -0.05) is 38.0 Å². The molecule has 0 amide bonds. The summed E-state index contributed by atoms with van der Waals surface area (Å²) in [5, 5.41) is 1.16. The van der Waals surface area contributed by atoms with Crippen molar-refractivity contribution in [1.82, 2.24) is 5.43 Å². The minimum absolute atomic E-state index is 0.143. The zero-order valence-electron chi connectivity index (χ0n) is 11.4. The molecule has 19 heavy (non-hydrogen) atoms. The normalized spacial score (nSPS) is 24.9. The molecule has 0 radical (unpaired) electrons. The van der Waals surface area contributed by atoms with Crippen molar-refractivity contribution >= 4 is 11.0 Å². The Hall–Kier alpha value is -1.32. The molecule has 3 heteroatoms. The topological polar surface area (TPSA) is 51.2 Å². The van der Waals surface area contributed by atoms with Crippen molar-refractivity contribution in [2.45, 2.75) is 38.6 Å². The van der Waals surface area contributed by atoms with Gasteiger partial charge in [-0.3, -0.25) is 5.84 Å². The van der Waals surface area contributed by atoms with Crippen LogP contribution in [0.3, 0.4) is 0 Å². The molecule has 2 aromatic rings. The number of hydrazine groups is 1. The predicted octanol–water partition coefficient (Wildman–Crippen LogP) is 3.76. The number of fused-ring (bicyclic) bond motifs is 1. The van der Waals surface area contributed by atoms with Crippen LogP contribution < -0.4 is 11.3 Å². The Bertz CT molecular complexity index is 515. The van der Waals surface area contributed by atoms with Crippen molar-refractivity contribution in [3.05, 3.63) is 36.1 Å². The number of nitrogens with two attached hydrogens (primary N) is 1. The van der Waals surface area contributed by atoms with E-state index in [1.165, 1.54) is 25.7 Å². The van der Waals surface area contributed by atoms with Gasteiger partial charge in [-0.05, 0) is 36.8 Å². The Balaban J connectivity index is 1.85. The molecule has 1 fully saturated rings. The van der Waals surface area contributed by atoms with E-state index in [0.29, 0.717) is 5.92 Å². The summed E-state index contributed by atoms with van der Waals surface area (Å²) in [6, 6.07) is 10.4. The Morgan fingerprint density at radius 1 is 1.37 bits per heavy atom. The van der Waals surface area contributed by atoms with Gasteiger partial charge in [0.15, 0.2) is 0 Å². The fraction of sp³-hybridized carbons (Fsp3) is 0.500. The fourth-order valence-corrected chi connectivity index (χ4v) is 3.39. The zero-order chi connectivity index (χ0) is 13.2. The second-order valence-corrected chi connectivity index (χ2v) is 5.68. The van der Waals surface area contributed by atoms with Crippen LogP contribution in [0.2, 0.25) is 0 Å². The van der Waals surface area contributed by atoms with Crippen LogP contribution in [0.15, 0.2) is 34.7 Å². The van der Waals surface area contributed by atoms with Crippen LogP contribution >= 0.6 is 0 Å². The van der Waals surface area contributed by atoms with Gasteiger partial charge in [0.2, 0.25) is 0 Å². The Morgan fingerprint density at radius 3 is 2.89 bits per heavy atom. The van der Waals surface area contributed by atoms with Crippen molar-refractivity contribution in [3.63, 3.8) is 0 Å². The van der Waals surface area contributed by atoms with E-state index in [-0.39, 0.29) is 6.04 Å². The lowest BCUT2D eigenvalue weighted by atomic mass is 9.94. The number of hydrogen-bond acceptors (Lipinski definition) is 3. The first kappa shape index (κ1) is 12.7. The van der Waals surface area contributed by atoms with Crippen LogP contribution in [-0.4, -0.2) is 0 Å². The molecule has 3 atom stereocenters. The van der Waals surface area contributed by atoms with Gasteiger partial charge in [0.1, 0.15) is 11.3 Å². The first-order valence-corrected chi connectivity index (χ1v) is 7.26. The summed E-state index contributed by atoms with van der Waals surface area (Å²) in [4.78, 5) is 0. The molecule has 3 rings (SSSR count). The molecule has 102 valence electrons. The predicted molar refractivity (Wildman–Crippen MR) is 77.4 cm³/mol. The van der Waals surface area contributed by atoms with E-state index in [1.54, 1.807) is 0 Å². The number of hydrogen-bond donors (Lipinski definition) is 2. The highest BCUT2D eigenvalue weighted by atomic mass is 16.3. The van der Waals surface area contributed by atoms with Crippen LogP contribution in [0, 0.1) is 11.8 Å². The number of para-hydroxylation sites is 1. The third-order valence-corrected chi connectivity index (χ3v) is 4.56. The van der Waals surface area contributed by atoms with Crippen LogP contribution in [0.25, 0.3) is 11.0 Å². The second kappa shape index (κ2) is 5.35. The average molecular weight is 258 g/mol. The van der Waals surface area contributed by atoms with Crippen molar-refractivity contribution in [1.29, 1.82) is 0 Å². The van der Waals surface area contributed by atoms with Crippen molar-refractivity contribution < 1.29 is 4.42 Å². The first-order valence-electron chi connectivity index (χ1n) is 7.26. The quantitative estimate of drug-likeness (QED) is 0.648. The van der Waals surface area contributed by atoms with E-state index in [1.807, 2.05) is 18.2 Å². The third-order valence-electron chi connectivity index (χ3n) is 4.56. The lowest BCUT2D eigenvalue weighted by Gasteiger charge is -2.20. The number of rotatable bonds is 4. The van der Waals surface area contributed by atoms with Crippen molar-refractivity contribution in [2.24, 2.45) is 17.7 Å². The summed E-state index contributed by atoms with van der Waals surface area (Å²) in [5.41, 5.74) is 3.92. The maximum absolute atomic E-state index is 5.96. The maximum atomic E-state index is 5.96. The Morgan fingerprint density at radius 2 is 2.21 bits per heavy atom. The molecule has 1 aromatic carbocycles. The van der Waals surface area contributed by atoms with Crippen LogP contribution in [0.1, 0.15) is 44.4 Å². The summed E-state index contributed by atoms with van der Waals surface area (Å²) >= 11 is 0. The summed E-state index contributed by atoms with van der Waals surface area (Å²) in [5.74, 6) is 8.21. The van der Waals surface area contributed by atoms with Crippen LogP contribution in [0.4, 0.5) is 0 Å². The van der Waals surface area contributed by atoms with Gasteiger partial charge in [0.25, 0.3) is 0 Å². The van der Waals surface area contributed by atoms with Crippen LogP contribution in [-0.2, 0) is 0 Å². The highest BCUT2D eigenvalue weighted by Gasteiger charge is 2.32. The molecule has 3 nitrogen and oxygen atoms in total. The van der Waals surface area contributed by atoms with Gasteiger partial charge < -0.3 is 4.42 Å². The van der Waals surface area contributed by atoms with Crippen molar-refractivity contribution in [2.75, 3.05) is 0 Å². The number of nitrogens with one attached hydrogen (secondary N) is 1. The summed E-state index contributed by atoms with van der Waals surface area (Å²) < 4.78 is 5.96. The van der Waals surface area contributed by atoms with Gasteiger partial charge in [-0.2, -0.15) is 0 Å². The van der Waals surface area contributed by atoms with E-state index < -0.39 is 0 Å². The molecule has 1 aliphatic carbocycles. The molecule has 0 aliphatic heterocycles. The molecule has 0 spiro atoms. The van der Waals surface area contributed by atoms with E-state index in [9.17, 15) is 0 Å². The van der Waals surface area contributed by atoms with Gasteiger partial charge >= 0.3 is 0 Å². The largest absolute Gasteiger partial charge is 0.459 e. The van der Waals surface area contributed by atoms with E-state index >= 15 is 0 Å². The second-order valence-electron chi connectivity index (χ2n) is 5.68. The molecule has 1 aliphatic rings. The molecule has 3 unspecified atom stereocenters. The summed E-state index contributed by atoms with van der Waals surface area (Å²) in [7, 11) is 0. The first-order chi connectivity index (χ1) is 9.31. The summed E-state index contributed by atoms with van der Waals surface area (Å²) in [6.07, 6.45) is 5.08. The molecule has 0 bridgehead atoms. The maximum Gasteiger partial charge on any atom is 0.134 e. The molecular formula is C16H22N2O. The standard InChI is InChI=1S/C16H22N2O/c1-2-11-7-8-13(9-11)16(18-17)15-10-12-5-3-4-6-14(12)19-15/h3-6,10-11,13,16,18H,2,7-9,17H2,1H3.